The van der Waals surface area contributed by atoms with E-state index in [2.05, 4.69) is 15.8 Å². The molecule has 176 valence electrons. The van der Waals surface area contributed by atoms with Crippen LogP contribution in [0.5, 0.6) is 0 Å². The molecule has 1 unspecified atom stereocenters. The van der Waals surface area contributed by atoms with Crippen LogP contribution in [0, 0.1) is 11.8 Å². The van der Waals surface area contributed by atoms with Gasteiger partial charge in [0.25, 0.3) is 11.8 Å². The minimum absolute atomic E-state index is 0.0623. The molecule has 32 heavy (non-hydrogen) atoms. The molecule has 0 fully saturated rings. The Morgan fingerprint density at radius 2 is 1.91 bits per heavy atom. The maximum absolute atomic E-state index is 13.1. The molecule has 0 aromatic heterocycles. The van der Waals surface area contributed by atoms with E-state index in [4.69, 9.17) is 28.0 Å². The highest BCUT2D eigenvalue weighted by Crippen LogP contribution is 2.32. The second-order valence-corrected chi connectivity index (χ2v) is 9.79. The van der Waals surface area contributed by atoms with Crippen molar-refractivity contribution >= 4 is 47.8 Å². The van der Waals surface area contributed by atoms with Crippen molar-refractivity contribution in [2.45, 2.75) is 58.5 Å². The summed E-state index contributed by atoms with van der Waals surface area (Å²) in [5, 5.41) is 29.5. The highest BCUT2D eigenvalue weighted by molar-refractivity contribution is 6.43. The predicted molar refractivity (Wildman–Crippen MR) is 126 cm³/mol. The Kier molecular flexibility index (Phi) is 9.39. The third-order valence-corrected chi connectivity index (χ3v) is 5.58. The normalized spacial score (nSPS) is 18.9. The number of hydrogen-bond acceptors (Lipinski definition) is 6. The number of oxime groups is 1. The number of amides is 2. The fraction of sp³-hybridized carbons (Fsp3) is 0.571. The lowest BCUT2D eigenvalue weighted by Gasteiger charge is -2.30. The molecule has 1 aliphatic heterocycles. The molecule has 4 N–H and O–H groups in total. The SMILES string of the molecule is CC(C)C[C@H](NC(=O)C1(CC(C)C)CC(CNC(=O)c2cc(Cl)ccc2Cl)=NO1)B(O)O. The third-order valence-electron chi connectivity index (χ3n) is 5.02. The van der Waals surface area contributed by atoms with Crippen molar-refractivity contribution in [3.8, 4) is 0 Å². The van der Waals surface area contributed by atoms with E-state index in [1.165, 1.54) is 12.1 Å². The first-order valence-corrected chi connectivity index (χ1v) is 11.3. The Morgan fingerprint density at radius 1 is 1.22 bits per heavy atom. The van der Waals surface area contributed by atoms with Crippen molar-refractivity contribution in [2.75, 3.05) is 6.54 Å². The topological polar surface area (TPSA) is 120 Å². The van der Waals surface area contributed by atoms with Gasteiger partial charge in [-0.25, -0.2) is 0 Å². The van der Waals surface area contributed by atoms with Crippen LogP contribution in [0.15, 0.2) is 23.4 Å². The van der Waals surface area contributed by atoms with Crippen LogP contribution in [0.3, 0.4) is 0 Å². The molecule has 1 heterocycles. The van der Waals surface area contributed by atoms with Crippen LogP contribution in [-0.2, 0) is 9.63 Å². The molecule has 0 aliphatic carbocycles. The summed E-state index contributed by atoms with van der Waals surface area (Å²) >= 11 is 12.0. The maximum atomic E-state index is 13.1. The first-order valence-electron chi connectivity index (χ1n) is 10.6. The molecular formula is C21H30BCl2N3O5. The molecular weight excluding hydrogens is 456 g/mol. The lowest BCUT2D eigenvalue weighted by atomic mass is 9.74. The minimum Gasteiger partial charge on any atom is -0.426 e. The Labute approximate surface area is 198 Å². The summed E-state index contributed by atoms with van der Waals surface area (Å²) in [6, 6.07) is 4.60. The third kappa shape index (κ3) is 7.10. The van der Waals surface area contributed by atoms with Gasteiger partial charge >= 0.3 is 7.12 Å². The summed E-state index contributed by atoms with van der Waals surface area (Å²) in [4.78, 5) is 31.2. The number of rotatable bonds is 10. The van der Waals surface area contributed by atoms with Crippen molar-refractivity contribution in [1.82, 2.24) is 10.6 Å². The number of benzene rings is 1. The molecule has 2 atom stereocenters. The van der Waals surface area contributed by atoms with Gasteiger partial charge in [-0.3, -0.25) is 9.59 Å². The average molecular weight is 486 g/mol. The van der Waals surface area contributed by atoms with Crippen molar-refractivity contribution in [3.05, 3.63) is 33.8 Å². The minimum atomic E-state index is -1.69. The van der Waals surface area contributed by atoms with Gasteiger partial charge in [0.15, 0.2) is 0 Å². The highest BCUT2D eigenvalue weighted by Gasteiger charge is 2.48. The second kappa shape index (κ2) is 11.4. The molecule has 2 rings (SSSR count). The molecule has 0 spiro atoms. The second-order valence-electron chi connectivity index (χ2n) is 8.95. The number of nitrogens with zero attached hydrogens (tertiary/aromatic N) is 1. The van der Waals surface area contributed by atoms with E-state index >= 15 is 0 Å². The zero-order valence-electron chi connectivity index (χ0n) is 18.7. The van der Waals surface area contributed by atoms with Gasteiger partial charge in [0.1, 0.15) is 0 Å². The Hall–Kier alpha value is -1.81. The number of nitrogens with one attached hydrogen (secondary N) is 2. The smallest absolute Gasteiger partial charge is 0.426 e. The summed E-state index contributed by atoms with van der Waals surface area (Å²) in [5.41, 5.74) is -0.568. The van der Waals surface area contributed by atoms with E-state index in [9.17, 15) is 19.6 Å². The van der Waals surface area contributed by atoms with E-state index in [0.717, 1.165) is 0 Å². The van der Waals surface area contributed by atoms with Crippen molar-refractivity contribution in [3.63, 3.8) is 0 Å². The van der Waals surface area contributed by atoms with Crippen LogP contribution in [0.4, 0.5) is 0 Å². The van der Waals surface area contributed by atoms with Crippen LogP contribution in [0.2, 0.25) is 10.0 Å². The van der Waals surface area contributed by atoms with Crippen LogP contribution in [-0.4, -0.2) is 52.8 Å². The standard InChI is InChI=1S/C21H30BCl2N3O5/c1-12(2)7-18(22(30)31)26-20(29)21(9-13(3)4)10-15(27-32-21)11-25-19(28)16-8-14(23)5-6-17(16)24/h5-6,8,12-13,18,30-31H,7,9-11H2,1-4H3,(H,25,28)(H,26,29)/t18-,21?/m0/s1. The number of hydrogen-bond donors (Lipinski definition) is 4. The van der Waals surface area contributed by atoms with E-state index in [-0.39, 0.29) is 35.4 Å². The Morgan fingerprint density at radius 3 is 2.50 bits per heavy atom. The first kappa shape index (κ1) is 26.4. The molecule has 0 bridgehead atoms. The van der Waals surface area contributed by atoms with Gasteiger partial charge in [0.05, 0.1) is 28.8 Å². The summed E-state index contributed by atoms with van der Waals surface area (Å²) in [7, 11) is -1.69. The van der Waals surface area contributed by atoms with Gasteiger partial charge in [-0.05, 0) is 36.5 Å². The Balaban J connectivity index is 2.07. The highest BCUT2D eigenvalue weighted by atomic mass is 35.5. The van der Waals surface area contributed by atoms with Crippen LogP contribution in [0.1, 0.15) is 57.3 Å². The van der Waals surface area contributed by atoms with Crippen LogP contribution in [0.25, 0.3) is 0 Å². The number of carbonyl (C=O) groups excluding carboxylic acids is 2. The summed E-state index contributed by atoms with van der Waals surface area (Å²) in [6.07, 6.45) is 0.928. The Bertz CT molecular complexity index is 866. The molecule has 1 aliphatic rings. The van der Waals surface area contributed by atoms with Gasteiger partial charge in [-0.2, -0.15) is 0 Å². The zero-order valence-corrected chi connectivity index (χ0v) is 20.2. The van der Waals surface area contributed by atoms with Gasteiger partial charge in [0, 0.05) is 17.9 Å². The van der Waals surface area contributed by atoms with E-state index in [1.807, 2.05) is 27.7 Å². The monoisotopic (exact) mass is 485 g/mol. The fourth-order valence-corrected chi connectivity index (χ4v) is 4.01. The van der Waals surface area contributed by atoms with Gasteiger partial charge < -0.3 is 25.5 Å². The lowest BCUT2D eigenvalue weighted by molar-refractivity contribution is -0.146. The van der Waals surface area contributed by atoms with E-state index < -0.39 is 30.5 Å². The predicted octanol–water partition coefficient (Wildman–Crippen LogP) is 2.83. The lowest BCUT2D eigenvalue weighted by Crippen LogP contribution is -2.55. The van der Waals surface area contributed by atoms with Crippen molar-refractivity contribution in [2.24, 2.45) is 17.0 Å². The van der Waals surface area contributed by atoms with Gasteiger partial charge in [-0.15, -0.1) is 0 Å². The average Bonchev–Trinajstić information content (AvgIpc) is 3.10. The first-order chi connectivity index (χ1) is 14.9. The van der Waals surface area contributed by atoms with Crippen LogP contribution >= 0.6 is 23.2 Å². The fourth-order valence-electron chi connectivity index (χ4n) is 3.64. The molecule has 0 saturated carbocycles. The molecule has 8 nitrogen and oxygen atoms in total. The summed E-state index contributed by atoms with van der Waals surface area (Å²) in [6.45, 7) is 7.81. The maximum Gasteiger partial charge on any atom is 0.475 e. The molecule has 1 aromatic carbocycles. The van der Waals surface area contributed by atoms with E-state index in [1.54, 1.807) is 6.07 Å². The number of carbonyl (C=O) groups is 2. The molecule has 2 amide bonds. The summed E-state index contributed by atoms with van der Waals surface area (Å²) in [5.74, 6) is -1.46. The van der Waals surface area contributed by atoms with Crippen molar-refractivity contribution in [1.29, 1.82) is 0 Å². The largest absolute Gasteiger partial charge is 0.475 e. The number of halogens is 2. The van der Waals surface area contributed by atoms with Crippen LogP contribution < -0.4 is 10.6 Å². The molecule has 0 radical (unpaired) electrons. The van der Waals surface area contributed by atoms with Gasteiger partial charge in [0.2, 0.25) is 5.60 Å². The molecule has 11 heteroatoms. The van der Waals surface area contributed by atoms with Crippen molar-refractivity contribution < 1.29 is 24.5 Å². The quantitative estimate of drug-likeness (QED) is 0.380. The van der Waals surface area contributed by atoms with Gasteiger partial charge in [-0.1, -0.05) is 56.1 Å². The molecule has 1 aromatic rings. The zero-order chi connectivity index (χ0) is 24.1. The van der Waals surface area contributed by atoms with E-state index in [0.29, 0.717) is 23.6 Å². The summed E-state index contributed by atoms with van der Waals surface area (Å²) < 4.78 is 0. The molecule has 0 saturated heterocycles.